The number of rotatable bonds is 5. The van der Waals surface area contributed by atoms with E-state index in [1.54, 1.807) is 6.21 Å². The molecule has 0 spiro atoms. The Kier molecular flexibility index (Phi) is 7.05. The Morgan fingerprint density at radius 1 is 1.27 bits per heavy atom. The van der Waals surface area contributed by atoms with E-state index in [9.17, 15) is 4.79 Å². The lowest BCUT2D eigenvalue weighted by Crippen LogP contribution is -2.38. The highest BCUT2D eigenvalue weighted by molar-refractivity contribution is 9.11. The van der Waals surface area contributed by atoms with Crippen molar-refractivity contribution >= 4 is 44.0 Å². The number of benzene rings is 1. The van der Waals surface area contributed by atoms with Gasteiger partial charge in [0.05, 0.1) is 12.8 Å². The van der Waals surface area contributed by atoms with Crippen LogP contribution in [0.1, 0.15) is 43.2 Å². The molecule has 120 valence electrons. The molecule has 6 heteroatoms. The molecule has 1 fully saturated rings. The summed E-state index contributed by atoms with van der Waals surface area (Å²) in [7, 11) is 0. The number of hydrogen-bond acceptors (Lipinski definition) is 3. The Morgan fingerprint density at radius 3 is 2.55 bits per heavy atom. The molecule has 0 radical (unpaired) electrons. The van der Waals surface area contributed by atoms with E-state index in [1.807, 2.05) is 19.1 Å². The number of hydrazone groups is 1. The molecule has 4 nitrogen and oxygen atoms in total. The van der Waals surface area contributed by atoms with E-state index in [1.165, 1.54) is 32.1 Å². The second-order valence-electron chi connectivity index (χ2n) is 5.62. The lowest BCUT2D eigenvalue weighted by Gasteiger charge is -2.22. The zero-order chi connectivity index (χ0) is 15.9. The van der Waals surface area contributed by atoms with E-state index >= 15 is 0 Å². The molecule has 1 aliphatic carbocycles. The van der Waals surface area contributed by atoms with Crippen molar-refractivity contribution in [2.24, 2.45) is 5.10 Å². The predicted octanol–water partition coefficient (Wildman–Crippen LogP) is 3.89. The second kappa shape index (κ2) is 8.79. The van der Waals surface area contributed by atoms with Gasteiger partial charge < -0.3 is 5.32 Å². The number of hydrogen-bond donors (Lipinski definition) is 2. The Labute approximate surface area is 148 Å². The molecule has 0 saturated heterocycles. The Hall–Kier alpha value is -0.720. The van der Waals surface area contributed by atoms with E-state index < -0.39 is 0 Å². The van der Waals surface area contributed by atoms with E-state index in [4.69, 9.17) is 0 Å². The number of amides is 1. The van der Waals surface area contributed by atoms with Crippen LogP contribution in [0.2, 0.25) is 0 Å². The summed E-state index contributed by atoms with van der Waals surface area (Å²) in [4.78, 5) is 11.8. The number of carbonyl (C=O) groups excluding carboxylic acids is 1. The van der Waals surface area contributed by atoms with Gasteiger partial charge in [0.15, 0.2) is 0 Å². The maximum atomic E-state index is 11.8. The molecule has 0 bridgehead atoms. The monoisotopic (exact) mass is 429 g/mol. The molecular formula is C16H21Br2N3O. The third kappa shape index (κ3) is 5.48. The van der Waals surface area contributed by atoms with Crippen LogP contribution >= 0.6 is 31.9 Å². The summed E-state index contributed by atoms with van der Waals surface area (Å²) >= 11 is 7.00. The molecule has 2 rings (SSSR count). The van der Waals surface area contributed by atoms with Gasteiger partial charge in [-0.15, -0.1) is 0 Å². The Morgan fingerprint density at radius 2 is 1.91 bits per heavy atom. The fraction of sp³-hybridized carbons (Fsp3) is 0.500. The third-order valence-electron chi connectivity index (χ3n) is 3.86. The molecule has 1 saturated carbocycles. The summed E-state index contributed by atoms with van der Waals surface area (Å²) in [5.74, 6) is -0.105. The van der Waals surface area contributed by atoms with Crippen LogP contribution in [0.25, 0.3) is 0 Å². The maximum absolute atomic E-state index is 11.8. The zero-order valence-electron chi connectivity index (χ0n) is 12.7. The van der Waals surface area contributed by atoms with E-state index in [2.05, 4.69) is 47.7 Å². The average molecular weight is 431 g/mol. The number of nitrogens with one attached hydrogen (secondary N) is 2. The van der Waals surface area contributed by atoms with Crippen LogP contribution in [0, 0.1) is 6.92 Å². The largest absolute Gasteiger partial charge is 0.306 e. The Bertz CT molecular complexity index is 531. The van der Waals surface area contributed by atoms with Gasteiger partial charge in [0.1, 0.15) is 0 Å². The van der Waals surface area contributed by atoms with Crippen molar-refractivity contribution in [2.75, 3.05) is 6.54 Å². The summed E-state index contributed by atoms with van der Waals surface area (Å²) in [5.41, 5.74) is 4.62. The number of carbonyl (C=O) groups is 1. The van der Waals surface area contributed by atoms with Crippen molar-refractivity contribution in [3.8, 4) is 0 Å². The van der Waals surface area contributed by atoms with E-state index in [-0.39, 0.29) is 5.91 Å². The first-order valence-electron chi connectivity index (χ1n) is 7.57. The summed E-state index contributed by atoms with van der Waals surface area (Å²) in [6, 6.07) is 4.42. The quantitative estimate of drug-likeness (QED) is 0.549. The molecule has 1 aromatic carbocycles. The molecule has 1 aromatic rings. The molecule has 22 heavy (non-hydrogen) atoms. The first kappa shape index (κ1) is 17.6. The molecule has 1 amide bonds. The van der Waals surface area contributed by atoms with Crippen LogP contribution in [0.5, 0.6) is 0 Å². The molecule has 0 aliphatic heterocycles. The summed E-state index contributed by atoms with van der Waals surface area (Å²) in [6.07, 6.45) is 7.82. The van der Waals surface area contributed by atoms with Crippen molar-refractivity contribution in [3.63, 3.8) is 0 Å². The van der Waals surface area contributed by atoms with Gasteiger partial charge >= 0.3 is 0 Å². The standard InChI is InChI=1S/C16H21Br2N3O/c1-11-14(17)7-12(8-15(11)18)9-20-21-16(22)10-19-13-5-3-2-4-6-13/h7-9,13,19H,2-6,10H2,1H3,(H,21,22)/b20-9-. The topological polar surface area (TPSA) is 53.5 Å². The van der Waals surface area contributed by atoms with Gasteiger partial charge in [-0.25, -0.2) is 5.43 Å². The Balaban J connectivity index is 1.78. The zero-order valence-corrected chi connectivity index (χ0v) is 15.8. The minimum absolute atomic E-state index is 0.105. The van der Waals surface area contributed by atoms with Crippen LogP contribution < -0.4 is 10.7 Å². The van der Waals surface area contributed by atoms with Crippen molar-refractivity contribution in [1.82, 2.24) is 10.7 Å². The minimum Gasteiger partial charge on any atom is -0.306 e. The van der Waals surface area contributed by atoms with Gasteiger partial charge in [0.25, 0.3) is 5.91 Å². The summed E-state index contributed by atoms with van der Waals surface area (Å²) < 4.78 is 2.02. The van der Waals surface area contributed by atoms with Crippen LogP contribution in [-0.2, 0) is 4.79 Å². The van der Waals surface area contributed by atoms with E-state index in [0.717, 1.165) is 20.1 Å². The summed E-state index contributed by atoms with van der Waals surface area (Å²) in [6.45, 7) is 2.34. The molecule has 0 aromatic heterocycles. The van der Waals surface area contributed by atoms with Gasteiger partial charge in [-0.2, -0.15) is 5.10 Å². The predicted molar refractivity (Wildman–Crippen MR) is 97.2 cm³/mol. The van der Waals surface area contributed by atoms with E-state index in [0.29, 0.717) is 12.6 Å². The van der Waals surface area contributed by atoms with Crippen molar-refractivity contribution in [2.45, 2.75) is 45.1 Å². The van der Waals surface area contributed by atoms with Gasteiger partial charge in [0, 0.05) is 15.0 Å². The molecule has 2 N–H and O–H groups in total. The van der Waals surface area contributed by atoms with Gasteiger partial charge in [-0.3, -0.25) is 4.79 Å². The highest BCUT2D eigenvalue weighted by atomic mass is 79.9. The SMILES string of the molecule is Cc1c(Br)cc(/C=N\NC(=O)CNC2CCCCC2)cc1Br. The van der Waals surface area contributed by atoms with Crippen LogP contribution in [0.15, 0.2) is 26.2 Å². The number of halogens is 2. The molecular weight excluding hydrogens is 410 g/mol. The number of nitrogens with zero attached hydrogens (tertiary/aromatic N) is 1. The lowest BCUT2D eigenvalue weighted by molar-refractivity contribution is -0.120. The highest BCUT2D eigenvalue weighted by Gasteiger charge is 2.13. The first-order chi connectivity index (χ1) is 10.6. The lowest BCUT2D eigenvalue weighted by atomic mass is 9.95. The molecule has 1 aliphatic rings. The maximum Gasteiger partial charge on any atom is 0.254 e. The fourth-order valence-corrected chi connectivity index (χ4v) is 3.72. The van der Waals surface area contributed by atoms with Crippen molar-refractivity contribution in [1.29, 1.82) is 0 Å². The van der Waals surface area contributed by atoms with Gasteiger partial charge in [0.2, 0.25) is 0 Å². The molecule has 0 atom stereocenters. The smallest absolute Gasteiger partial charge is 0.254 e. The van der Waals surface area contributed by atoms with Crippen molar-refractivity contribution < 1.29 is 4.79 Å². The highest BCUT2D eigenvalue weighted by Crippen LogP contribution is 2.25. The van der Waals surface area contributed by atoms with Gasteiger partial charge in [-0.05, 0) is 43.0 Å². The van der Waals surface area contributed by atoms with Gasteiger partial charge in [-0.1, -0.05) is 51.1 Å². The average Bonchev–Trinajstić information content (AvgIpc) is 2.51. The van der Waals surface area contributed by atoms with Crippen LogP contribution in [0.3, 0.4) is 0 Å². The molecule has 0 unspecified atom stereocenters. The third-order valence-corrected chi connectivity index (χ3v) is 5.51. The first-order valence-corrected chi connectivity index (χ1v) is 9.16. The summed E-state index contributed by atoms with van der Waals surface area (Å²) in [5, 5.41) is 7.31. The van der Waals surface area contributed by atoms with Crippen LogP contribution in [-0.4, -0.2) is 24.7 Å². The molecule has 0 heterocycles. The van der Waals surface area contributed by atoms with Crippen LogP contribution in [0.4, 0.5) is 0 Å². The second-order valence-corrected chi connectivity index (χ2v) is 7.33. The fourth-order valence-electron chi connectivity index (χ4n) is 2.50. The van der Waals surface area contributed by atoms with Crippen molar-refractivity contribution in [3.05, 3.63) is 32.2 Å². The normalized spacial score (nSPS) is 16.1. The minimum atomic E-state index is -0.105.